The van der Waals surface area contributed by atoms with Crippen LogP contribution in [0.15, 0.2) is 60.8 Å². The van der Waals surface area contributed by atoms with Gasteiger partial charge in [0.1, 0.15) is 5.75 Å². The predicted molar refractivity (Wildman–Crippen MR) is 83.5 cm³/mol. The first-order chi connectivity index (χ1) is 11.4. The second kappa shape index (κ2) is 6.03. The minimum atomic E-state index is -4.52. The molecule has 1 atom stereocenters. The highest BCUT2D eigenvalue weighted by molar-refractivity contribution is 5.92. The van der Waals surface area contributed by atoms with Crippen LogP contribution in [0.3, 0.4) is 0 Å². The van der Waals surface area contributed by atoms with Crippen LogP contribution in [0, 0.1) is 0 Å². The fourth-order valence-corrected chi connectivity index (χ4v) is 2.86. The van der Waals surface area contributed by atoms with Gasteiger partial charge in [-0.25, -0.2) is 0 Å². The summed E-state index contributed by atoms with van der Waals surface area (Å²) in [7, 11) is 0. The number of anilines is 1. The molecular weight excluding hydrogens is 319 g/mol. The van der Waals surface area contributed by atoms with Crippen molar-refractivity contribution in [1.29, 1.82) is 0 Å². The van der Waals surface area contributed by atoms with Crippen molar-refractivity contribution < 1.29 is 23.1 Å². The Kier molecular flexibility index (Phi) is 4.05. The zero-order valence-electron chi connectivity index (χ0n) is 12.5. The van der Waals surface area contributed by atoms with Crippen molar-refractivity contribution >= 4 is 11.5 Å². The lowest BCUT2D eigenvalue weighted by atomic mass is 9.92. The maximum atomic E-state index is 13.3. The molecule has 1 aliphatic rings. The van der Waals surface area contributed by atoms with Gasteiger partial charge in [-0.1, -0.05) is 30.3 Å². The molecular formula is C18H14F3NO2. The number of allylic oxidation sites excluding steroid dienone is 1. The van der Waals surface area contributed by atoms with Gasteiger partial charge in [0.05, 0.1) is 17.3 Å². The van der Waals surface area contributed by atoms with E-state index >= 15 is 0 Å². The minimum absolute atomic E-state index is 0.00551. The maximum absolute atomic E-state index is 13.3. The molecule has 24 heavy (non-hydrogen) atoms. The van der Waals surface area contributed by atoms with Crippen molar-refractivity contribution in [3.05, 3.63) is 71.9 Å². The van der Waals surface area contributed by atoms with Crippen molar-refractivity contribution in [2.75, 3.05) is 4.90 Å². The van der Waals surface area contributed by atoms with Gasteiger partial charge in [-0.2, -0.15) is 13.2 Å². The largest absolute Gasteiger partial charge is 0.506 e. The molecule has 2 aromatic rings. The number of hydrogen-bond acceptors (Lipinski definition) is 3. The summed E-state index contributed by atoms with van der Waals surface area (Å²) in [5.74, 6) is -0.324. The van der Waals surface area contributed by atoms with Gasteiger partial charge in [0.15, 0.2) is 5.78 Å². The van der Waals surface area contributed by atoms with Gasteiger partial charge in [0, 0.05) is 12.6 Å². The van der Waals surface area contributed by atoms with Crippen molar-refractivity contribution in [1.82, 2.24) is 0 Å². The number of carbonyl (C=O) groups is 1. The van der Waals surface area contributed by atoms with Crippen LogP contribution in [0.4, 0.5) is 18.9 Å². The molecule has 0 saturated heterocycles. The quantitative estimate of drug-likeness (QED) is 0.883. The molecule has 1 heterocycles. The second-order valence-corrected chi connectivity index (χ2v) is 5.48. The molecule has 0 aromatic heterocycles. The Bertz CT molecular complexity index is 799. The normalized spacial score (nSPS) is 18.0. The van der Waals surface area contributed by atoms with Crippen molar-refractivity contribution in [2.24, 2.45) is 0 Å². The third-order valence-electron chi connectivity index (χ3n) is 3.94. The highest BCUT2D eigenvalue weighted by atomic mass is 19.4. The molecule has 1 aliphatic heterocycles. The Labute approximate surface area is 136 Å². The molecule has 0 fully saturated rings. The lowest BCUT2D eigenvalue weighted by Gasteiger charge is -2.34. The molecule has 0 amide bonds. The molecule has 0 aliphatic carbocycles. The number of alkyl halides is 3. The van der Waals surface area contributed by atoms with Crippen molar-refractivity contribution in [3.8, 4) is 5.75 Å². The highest BCUT2D eigenvalue weighted by Gasteiger charge is 2.37. The zero-order valence-corrected chi connectivity index (χ0v) is 12.5. The average molecular weight is 333 g/mol. The smallest absolute Gasteiger partial charge is 0.416 e. The number of ketones is 1. The van der Waals surface area contributed by atoms with E-state index in [0.717, 1.165) is 6.07 Å². The summed E-state index contributed by atoms with van der Waals surface area (Å²) in [6, 6.07) is 10.7. The molecule has 124 valence electrons. The van der Waals surface area contributed by atoms with Gasteiger partial charge < -0.3 is 10.0 Å². The number of benzene rings is 2. The average Bonchev–Trinajstić information content (AvgIpc) is 2.55. The van der Waals surface area contributed by atoms with Gasteiger partial charge in [0.2, 0.25) is 0 Å². The molecule has 0 bridgehead atoms. The van der Waals surface area contributed by atoms with Gasteiger partial charge in [0.25, 0.3) is 0 Å². The first-order valence-corrected chi connectivity index (χ1v) is 7.31. The summed E-state index contributed by atoms with van der Waals surface area (Å²) in [4.78, 5) is 13.3. The molecule has 1 N–H and O–H groups in total. The third-order valence-corrected chi connectivity index (χ3v) is 3.94. The Morgan fingerprint density at radius 1 is 1.04 bits per heavy atom. The Hall–Kier alpha value is -2.76. The fraction of sp³-hybridized carbons (Fsp3) is 0.167. The molecule has 2 aromatic carbocycles. The molecule has 3 nitrogen and oxygen atoms in total. The topological polar surface area (TPSA) is 40.5 Å². The van der Waals surface area contributed by atoms with E-state index in [1.807, 2.05) is 0 Å². The SMILES string of the molecule is O=C1C=CN(c2ccccc2O)[C@@H](c2ccccc2C(F)(F)F)C1. The van der Waals surface area contributed by atoms with E-state index in [2.05, 4.69) is 0 Å². The number of phenolic OH excluding ortho intramolecular Hbond substituents is 1. The molecule has 0 saturated carbocycles. The van der Waals surface area contributed by atoms with Gasteiger partial charge in [-0.3, -0.25) is 4.79 Å². The summed E-state index contributed by atoms with van der Waals surface area (Å²) in [6.07, 6.45) is -1.90. The molecule has 6 heteroatoms. The van der Waals surface area contributed by atoms with Crippen LogP contribution in [0.25, 0.3) is 0 Å². The molecule has 0 unspecified atom stereocenters. The molecule has 0 radical (unpaired) electrons. The van der Waals surface area contributed by atoms with Crippen LogP contribution in [-0.4, -0.2) is 10.9 Å². The zero-order chi connectivity index (χ0) is 17.3. The Balaban J connectivity index is 2.13. The number of rotatable bonds is 2. The number of nitrogens with zero attached hydrogens (tertiary/aromatic N) is 1. The second-order valence-electron chi connectivity index (χ2n) is 5.48. The minimum Gasteiger partial charge on any atom is -0.506 e. The monoisotopic (exact) mass is 333 g/mol. The van der Waals surface area contributed by atoms with Crippen LogP contribution in [0.2, 0.25) is 0 Å². The predicted octanol–water partition coefficient (Wildman–Crippen LogP) is 4.45. The number of hydrogen-bond donors (Lipinski definition) is 1. The van der Waals surface area contributed by atoms with Crippen LogP contribution >= 0.6 is 0 Å². The lowest BCUT2D eigenvalue weighted by molar-refractivity contribution is -0.138. The van der Waals surface area contributed by atoms with Crippen LogP contribution in [-0.2, 0) is 11.0 Å². The Morgan fingerprint density at radius 3 is 2.42 bits per heavy atom. The third kappa shape index (κ3) is 2.99. The number of para-hydroxylation sites is 2. The van der Waals surface area contributed by atoms with E-state index in [9.17, 15) is 23.1 Å². The van der Waals surface area contributed by atoms with E-state index in [0.29, 0.717) is 5.69 Å². The first kappa shape index (κ1) is 16.1. The maximum Gasteiger partial charge on any atom is 0.416 e. The van der Waals surface area contributed by atoms with E-state index in [1.165, 1.54) is 41.4 Å². The molecule has 0 spiro atoms. The van der Waals surface area contributed by atoms with E-state index in [4.69, 9.17) is 0 Å². The lowest BCUT2D eigenvalue weighted by Crippen LogP contribution is -2.30. The standard InChI is InChI=1S/C18H14F3NO2/c19-18(20,21)14-6-2-1-5-13(14)16-11-12(23)9-10-22(16)15-7-3-4-8-17(15)24/h1-10,16,24H,11H2/t16-/m1/s1. The number of halogens is 3. The number of carbonyl (C=O) groups excluding carboxylic acids is 1. The number of phenols is 1. The summed E-state index contributed by atoms with van der Waals surface area (Å²) >= 11 is 0. The fourth-order valence-electron chi connectivity index (χ4n) is 2.86. The summed E-state index contributed by atoms with van der Waals surface area (Å²) < 4.78 is 40.0. The van der Waals surface area contributed by atoms with Crippen molar-refractivity contribution in [2.45, 2.75) is 18.6 Å². The van der Waals surface area contributed by atoms with Gasteiger partial charge in [-0.15, -0.1) is 0 Å². The summed E-state index contributed by atoms with van der Waals surface area (Å²) in [5, 5.41) is 10.0. The highest BCUT2D eigenvalue weighted by Crippen LogP contribution is 2.42. The van der Waals surface area contributed by atoms with Crippen LogP contribution in [0.1, 0.15) is 23.6 Å². The van der Waals surface area contributed by atoms with E-state index < -0.39 is 17.8 Å². The summed E-state index contributed by atoms with van der Waals surface area (Å²) in [5.41, 5.74) is -0.423. The molecule has 3 rings (SSSR count). The van der Waals surface area contributed by atoms with Crippen molar-refractivity contribution in [3.63, 3.8) is 0 Å². The van der Waals surface area contributed by atoms with Gasteiger partial charge in [-0.05, 0) is 29.8 Å². The summed E-state index contributed by atoms with van der Waals surface area (Å²) in [6.45, 7) is 0. The van der Waals surface area contributed by atoms with Crippen LogP contribution < -0.4 is 4.90 Å². The van der Waals surface area contributed by atoms with Crippen LogP contribution in [0.5, 0.6) is 5.75 Å². The number of aromatic hydroxyl groups is 1. The van der Waals surface area contributed by atoms with Gasteiger partial charge >= 0.3 is 6.18 Å². The van der Waals surface area contributed by atoms with E-state index in [-0.39, 0.29) is 23.5 Å². The Morgan fingerprint density at radius 2 is 1.71 bits per heavy atom. The van der Waals surface area contributed by atoms with E-state index in [1.54, 1.807) is 18.2 Å². The first-order valence-electron chi connectivity index (χ1n) is 7.31.